The minimum absolute atomic E-state index is 0.142. The SMILES string of the molecule is COc1ccc(-[n+]2[nH]oc(=O)c2C(=O)CSc2nc3ccccc3c(=O)n2-c2ccccc2)cc1. The number of fused-ring (bicyclic) bond motifs is 1. The molecule has 1 N–H and O–H groups in total. The van der Waals surface area contributed by atoms with Crippen molar-refractivity contribution >= 4 is 28.4 Å². The maximum Gasteiger partial charge on any atom is 0.438 e. The average Bonchev–Trinajstić information content (AvgIpc) is 3.29. The zero-order valence-corrected chi connectivity index (χ0v) is 19.3. The molecule has 35 heavy (non-hydrogen) atoms. The number of nitrogens with one attached hydrogen (secondary N) is 1. The first kappa shape index (κ1) is 22.4. The molecule has 0 unspecified atom stereocenters. The van der Waals surface area contributed by atoms with Crippen LogP contribution in [-0.4, -0.2) is 33.5 Å². The molecule has 0 amide bonds. The molecule has 0 spiro atoms. The first-order chi connectivity index (χ1) is 17.1. The maximum atomic E-state index is 13.3. The van der Waals surface area contributed by atoms with Gasteiger partial charge in [-0.05, 0) is 46.4 Å². The van der Waals surface area contributed by atoms with Gasteiger partial charge in [-0.1, -0.05) is 42.1 Å². The van der Waals surface area contributed by atoms with Crippen LogP contribution in [-0.2, 0) is 0 Å². The number of aromatic amines is 1. The van der Waals surface area contributed by atoms with Gasteiger partial charge in [-0.2, -0.15) is 0 Å². The Morgan fingerprint density at radius 3 is 2.49 bits per heavy atom. The summed E-state index contributed by atoms with van der Waals surface area (Å²) in [4.78, 5) is 43.5. The van der Waals surface area contributed by atoms with Gasteiger partial charge in [-0.25, -0.2) is 9.78 Å². The molecule has 0 saturated carbocycles. The van der Waals surface area contributed by atoms with Crippen molar-refractivity contribution in [1.82, 2.24) is 14.8 Å². The van der Waals surface area contributed by atoms with Crippen LogP contribution in [0.2, 0.25) is 0 Å². The van der Waals surface area contributed by atoms with E-state index in [1.54, 1.807) is 67.8 Å². The van der Waals surface area contributed by atoms with Crippen LogP contribution in [0.5, 0.6) is 5.75 Å². The maximum absolute atomic E-state index is 13.3. The number of carbonyl (C=O) groups is 1. The van der Waals surface area contributed by atoms with Crippen molar-refractivity contribution in [3.05, 3.63) is 105 Å². The summed E-state index contributed by atoms with van der Waals surface area (Å²) in [7, 11) is 1.55. The Balaban J connectivity index is 1.51. The van der Waals surface area contributed by atoms with E-state index in [0.29, 0.717) is 33.2 Å². The number of nitrogens with zero attached hydrogens (tertiary/aromatic N) is 3. The van der Waals surface area contributed by atoms with Crippen LogP contribution in [0.15, 0.2) is 98.1 Å². The average molecular weight is 488 g/mol. The van der Waals surface area contributed by atoms with Gasteiger partial charge < -0.3 is 4.74 Å². The second-order valence-electron chi connectivity index (χ2n) is 7.46. The highest BCUT2D eigenvalue weighted by Crippen LogP contribution is 2.22. The first-order valence-corrected chi connectivity index (χ1v) is 11.6. The number of benzene rings is 3. The Hall–Kier alpha value is -4.44. The number of carbonyl (C=O) groups excluding carboxylic acids is 1. The van der Waals surface area contributed by atoms with Crippen LogP contribution < -0.4 is 20.6 Å². The first-order valence-electron chi connectivity index (χ1n) is 10.6. The monoisotopic (exact) mass is 487 g/mol. The Kier molecular flexibility index (Phi) is 6.02. The molecule has 9 nitrogen and oxygen atoms in total. The van der Waals surface area contributed by atoms with Crippen molar-refractivity contribution in [2.75, 3.05) is 12.9 Å². The minimum atomic E-state index is -0.793. The topological polar surface area (TPSA) is 111 Å². The second-order valence-corrected chi connectivity index (χ2v) is 8.40. The van der Waals surface area contributed by atoms with E-state index in [-0.39, 0.29) is 17.0 Å². The number of methoxy groups -OCH3 is 1. The van der Waals surface area contributed by atoms with E-state index >= 15 is 0 Å². The number of Topliss-reactive ketones (excluding diaryl/α,β-unsaturated/α-hetero) is 1. The van der Waals surface area contributed by atoms with E-state index in [2.05, 4.69) is 10.3 Å². The van der Waals surface area contributed by atoms with Gasteiger partial charge in [0.25, 0.3) is 5.56 Å². The summed E-state index contributed by atoms with van der Waals surface area (Å²) < 4.78 is 12.8. The van der Waals surface area contributed by atoms with Gasteiger partial charge >= 0.3 is 11.3 Å². The van der Waals surface area contributed by atoms with Crippen LogP contribution in [0, 0.1) is 0 Å². The number of hydrogen-bond acceptors (Lipinski definition) is 7. The number of hydrogen-bond donors (Lipinski definition) is 1. The van der Waals surface area contributed by atoms with Gasteiger partial charge in [0.15, 0.2) is 5.16 Å². The summed E-state index contributed by atoms with van der Waals surface area (Å²) in [6.07, 6.45) is 0. The van der Waals surface area contributed by atoms with Crippen LogP contribution in [0.1, 0.15) is 10.5 Å². The minimum Gasteiger partial charge on any atom is -0.497 e. The number of ketones is 1. The Bertz CT molecular complexity index is 1640. The van der Waals surface area contributed by atoms with Gasteiger partial charge in [0, 0.05) is 12.1 Å². The Morgan fingerprint density at radius 2 is 1.74 bits per heavy atom. The van der Waals surface area contributed by atoms with E-state index in [1.165, 1.54) is 9.25 Å². The normalized spacial score (nSPS) is 11.0. The molecule has 174 valence electrons. The predicted molar refractivity (Wildman–Crippen MR) is 130 cm³/mol. The lowest BCUT2D eigenvalue weighted by Crippen LogP contribution is -2.41. The van der Waals surface area contributed by atoms with Crippen molar-refractivity contribution in [2.24, 2.45) is 0 Å². The lowest BCUT2D eigenvalue weighted by Gasteiger charge is -2.12. The van der Waals surface area contributed by atoms with Gasteiger partial charge in [0.2, 0.25) is 11.5 Å². The number of aromatic nitrogens is 4. The summed E-state index contributed by atoms with van der Waals surface area (Å²) in [6, 6.07) is 22.9. The van der Waals surface area contributed by atoms with E-state index in [9.17, 15) is 14.4 Å². The van der Waals surface area contributed by atoms with Crippen LogP contribution in [0.4, 0.5) is 0 Å². The van der Waals surface area contributed by atoms with Crippen molar-refractivity contribution in [3.8, 4) is 17.1 Å². The molecule has 2 heterocycles. The molecule has 5 rings (SSSR count). The molecule has 3 aromatic carbocycles. The van der Waals surface area contributed by atoms with E-state index in [0.717, 1.165) is 11.8 Å². The Labute approximate surface area is 202 Å². The summed E-state index contributed by atoms with van der Waals surface area (Å²) in [5.74, 6) is 0.00356. The molecule has 0 fully saturated rings. The van der Waals surface area contributed by atoms with Gasteiger partial charge in [0.05, 0.1) is 29.5 Å². The van der Waals surface area contributed by atoms with E-state index < -0.39 is 11.4 Å². The van der Waals surface area contributed by atoms with Crippen molar-refractivity contribution in [2.45, 2.75) is 5.16 Å². The molecule has 0 aliphatic carbocycles. The van der Waals surface area contributed by atoms with Crippen molar-refractivity contribution < 1.29 is 18.7 Å². The van der Waals surface area contributed by atoms with E-state index in [1.807, 2.05) is 18.2 Å². The lowest BCUT2D eigenvalue weighted by atomic mass is 10.2. The number of rotatable bonds is 7. The molecule has 10 heteroatoms. The standard InChI is InChI=1S/C25H18N4O5S/c1-33-18-13-11-17(12-14-18)29-22(24(32)34-27-29)21(30)15-35-25-26-20-10-6-5-9-19(20)23(31)28(25)16-7-3-2-4-8-16/h2-14H,15H2,1H3/p+1. The second kappa shape index (κ2) is 9.43. The smallest absolute Gasteiger partial charge is 0.438 e. The van der Waals surface area contributed by atoms with Crippen molar-refractivity contribution in [3.63, 3.8) is 0 Å². The molecule has 2 aromatic heterocycles. The fourth-order valence-corrected chi connectivity index (χ4v) is 4.51. The third-order valence-electron chi connectivity index (χ3n) is 5.33. The number of H-pyrrole nitrogens is 1. The molecule has 5 aromatic rings. The largest absolute Gasteiger partial charge is 0.497 e. The summed E-state index contributed by atoms with van der Waals surface area (Å²) in [5, 5.41) is 3.27. The van der Waals surface area contributed by atoms with E-state index in [4.69, 9.17) is 9.26 Å². The Morgan fingerprint density at radius 1 is 1.03 bits per heavy atom. The molecular formula is C25H19N4O5S+. The number of para-hydroxylation sites is 2. The molecule has 0 saturated heterocycles. The highest BCUT2D eigenvalue weighted by Gasteiger charge is 2.31. The third-order valence-corrected chi connectivity index (χ3v) is 6.27. The summed E-state index contributed by atoms with van der Waals surface area (Å²) >= 11 is 1.07. The van der Waals surface area contributed by atoms with Gasteiger partial charge in [-0.15, -0.1) is 0 Å². The fraction of sp³-hybridized carbons (Fsp3) is 0.0800. The summed E-state index contributed by atoms with van der Waals surface area (Å²) in [5.41, 5.74) is 0.464. The fourth-order valence-electron chi connectivity index (χ4n) is 3.64. The quantitative estimate of drug-likeness (QED) is 0.163. The van der Waals surface area contributed by atoms with Gasteiger partial charge in [-0.3, -0.25) is 18.7 Å². The third kappa shape index (κ3) is 4.26. The zero-order chi connectivity index (χ0) is 24.4. The van der Waals surface area contributed by atoms with Crippen LogP contribution in [0.25, 0.3) is 22.3 Å². The number of ether oxygens (including phenoxy) is 1. The highest BCUT2D eigenvalue weighted by molar-refractivity contribution is 7.99. The molecular weight excluding hydrogens is 468 g/mol. The van der Waals surface area contributed by atoms with Gasteiger partial charge in [0.1, 0.15) is 5.75 Å². The predicted octanol–water partition coefficient (Wildman–Crippen LogP) is 2.93. The molecule has 0 atom stereocenters. The zero-order valence-electron chi connectivity index (χ0n) is 18.5. The molecule has 0 radical (unpaired) electrons. The molecule has 0 bridgehead atoms. The lowest BCUT2D eigenvalue weighted by molar-refractivity contribution is -0.672. The number of thioether (sulfide) groups is 1. The molecule has 0 aliphatic heterocycles. The van der Waals surface area contributed by atoms with Crippen LogP contribution >= 0.6 is 11.8 Å². The molecule has 0 aliphatic rings. The summed E-state index contributed by atoms with van der Waals surface area (Å²) in [6.45, 7) is 0. The van der Waals surface area contributed by atoms with Crippen molar-refractivity contribution in [1.29, 1.82) is 0 Å². The highest BCUT2D eigenvalue weighted by atomic mass is 32.2. The van der Waals surface area contributed by atoms with Crippen LogP contribution in [0.3, 0.4) is 0 Å².